The van der Waals surface area contributed by atoms with Crippen LogP contribution in [0.3, 0.4) is 0 Å². The fourth-order valence-electron chi connectivity index (χ4n) is 6.33. The fraction of sp³-hybridized carbons (Fsp3) is 0.909. The predicted octanol–water partition coefficient (Wildman–Crippen LogP) is 5.31. The molecule has 4 heterocycles. The lowest BCUT2D eigenvalue weighted by atomic mass is 9.86. The highest BCUT2D eigenvalue weighted by atomic mass is 16.6. The molecule has 10 heteroatoms. The number of rotatable bonds is 2. The zero-order valence-electron chi connectivity index (χ0n) is 27.7. The van der Waals surface area contributed by atoms with Crippen molar-refractivity contribution in [2.75, 3.05) is 52.4 Å². The molecule has 250 valence electrons. The van der Waals surface area contributed by atoms with E-state index in [1.165, 1.54) is 0 Å². The molecule has 1 N–H and O–H groups in total. The Balaban J connectivity index is 0.000000293. The Kier molecular flexibility index (Phi) is 12.9. The van der Waals surface area contributed by atoms with Crippen LogP contribution in [0.2, 0.25) is 0 Å². The van der Waals surface area contributed by atoms with Gasteiger partial charge in [-0.3, -0.25) is 14.6 Å². The summed E-state index contributed by atoms with van der Waals surface area (Å²) in [6, 6.07) is 0. The van der Waals surface area contributed by atoms with Gasteiger partial charge in [-0.2, -0.15) is 0 Å². The summed E-state index contributed by atoms with van der Waals surface area (Å²) in [5.41, 5.74) is -0.607. The number of amides is 2. The molecule has 0 unspecified atom stereocenters. The Morgan fingerprint density at radius 2 is 1.00 bits per heavy atom. The van der Waals surface area contributed by atoms with E-state index in [1.54, 1.807) is 0 Å². The molecule has 4 aliphatic rings. The van der Waals surface area contributed by atoms with Gasteiger partial charge in [-0.15, -0.1) is 0 Å². The number of carbonyl (C=O) groups excluding carboxylic acids is 3. The van der Waals surface area contributed by atoms with Crippen molar-refractivity contribution in [3.05, 3.63) is 0 Å². The maximum atomic E-state index is 12.1. The number of ketones is 1. The summed E-state index contributed by atoms with van der Waals surface area (Å²) in [5, 5.41) is 9.64. The Labute approximate surface area is 261 Å². The minimum absolute atomic E-state index is 0. The number of nitrogens with zero attached hydrogens (tertiary/aromatic N) is 4. The summed E-state index contributed by atoms with van der Waals surface area (Å²) in [4.78, 5) is 44.1. The molecule has 0 aromatic heterocycles. The van der Waals surface area contributed by atoms with E-state index in [9.17, 15) is 19.5 Å². The average Bonchev–Trinajstić information content (AvgIpc) is 2.88. The van der Waals surface area contributed by atoms with Crippen LogP contribution in [0.15, 0.2) is 0 Å². The first kappa shape index (κ1) is 37.3. The Bertz CT molecular complexity index is 909. The van der Waals surface area contributed by atoms with Gasteiger partial charge in [0.1, 0.15) is 17.0 Å². The lowest BCUT2D eigenvalue weighted by molar-refractivity contribution is -0.123. The molecule has 4 aliphatic heterocycles. The monoisotopic (exact) mass is 610 g/mol. The highest BCUT2D eigenvalue weighted by Gasteiger charge is 2.40. The molecule has 4 fully saturated rings. The molecule has 0 aromatic carbocycles. The molecule has 4 rings (SSSR count). The average molecular weight is 611 g/mol. The van der Waals surface area contributed by atoms with E-state index in [4.69, 9.17) is 9.47 Å². The topological polar surface area (TPSA) is 103 Å². The van der Waals surface area contributed by atoms with Crippen LogP contribution < -0.4 is 0 Å². The molecule has 10 nitrogen and oxygen atoms in total. The Hall–Kier alpha value is -1.91. The first-order valence-electron chi connectivity index (χ1n) is 16.0. The van der Waals surface area contributed by atoms with Crippen LogP contribution in [0, 0.1) is 0 Å². The minimum Gasteiger partial charge on any atom is -0.444 e. The largest absolute Gasteiger partial charge is 0.444 e. The number of hydrogen-bond acceptors (Lipinski definition) is 8. The summed E-state index contributed by atoms with van der Waals surface area (Å²) in [7, 11) is 0. The van der Waals surface area contributed by atoms with Crippen LogP contribution in [-0.4, -0.2) is 123 Å². The second-order valence-corrected chi connectivity index (χ2v) is 15.2. The zero-order chi connectivity index (χ0) is 31.3. The Morgan fingerprint density at radius 3 is 1.33 bits per heavy atom. The van der Waals surface area contributed by atoms with Gasteiger partial charge in [-0.1, -0.05) is 7.43 Å². The van der Waals surface area contributed by atoms with Crippen molar-refractivity contribution in [3.63, 3.8) is 0 Å². The third-order valence-corrected chi connectivity index (χ3v) is 9.30. The van der Waals surface area contributed by atoms with E-state index in [2.05, 4.69) is 23.6 Å². The molecule has 0 atom stereocenters. The van der Waals surface area contributed by atoms with Crippen molar-refractivity contribution in [3.8, 4) is 0 Å². The van der Waals surface area contributed by atoms with Crippen LogP contribution in [0.5, 0.6) is 0 Å². The predicted molar refractivity (Wildman–Crippen MR) is 170 cm³/mol. The third kappa shape index (κ3) is 11.2. The van der Waals surface area contributed by atoms with E-state index >= 15 is 0 Å². The SMILES string of the molecule is C.CC(C)(C)OC(=O)N1CCC(C)(N2CCC(=O)CC2)CC1.CC(C)(C)OC(=O)N1CCC(C)(N2CCC(O)CC2)CC1. The minimum atomic E-state index is -0.439. The van der Waals surface area contributed by atoms with Gasteiger partial charge in [0.15, 0.2) is 0 Å². The fourth-order valence-corrected chi connectivity index (χ4v) is 6.33. The number of piperidine rings is 4. The van der Waals surface area contributed by atoms with Crippen molar-refractivity contribution in [2.45, 2.75) is 143 Å². The lowest BCUT2D eigenvalue weighted by Crippen LogP contribution is -2.57. The second kappa shape index (κ2) is 14.9. The zero-order valence-corrected chi connectivity index (χ0v) is 27.7. The van der Waals surface area contributed by atoms with Gasteiger partial charge < -0.3 is 24.4 Å². The van der Waals surface area contributed by atoms with E-state index in [0.29, 0.717) is 18.6 Å². The van der Waals surface area contributed by atoms with Gasteiger partial charge in [-0.25, -0.2) is 9.59 Å². The van der Waals surface area contributed by atoms with Gasteiger partial charge in [-0.05, 0) is 93.9 Å². The van der Waals surface area contributed by atoms with Gasteiger partial charge in [0.25, 0.3) is 0 Å². The number of Topliss-reactive ketones (excluding diaryl/α,β-unsaturated/α-hetero) is 1. The molecule has 0 spiro atoms. The summed E-state index contributed by atoms with van der Waals surface area (Å²) in [6.07, 6.45) is 6.38. The Morgan fingerprint density at radius 1 is 0.674 bits per heavy atom. The first-order chi connectivity index (χ1) is 19.4. The summed E-state index contributed by atoms with van der Waals surface area (Å²) in [5.74, 6) is 0.376. The third-order valence-electron chi connectivity index (χ3n) is 9.30. The van der Waals surface area contributed by atoms with Crippen molar-refractivity contribution in [1.82, 2.24) is 19.6 Å². The van der Waals surface area contributed by atoms with Crippen molar-refractivity contribution in [2.24, 2.45) is 0 Å². The van der Waals surface area contributed by atoms with Gasteiger partial charge >= 0.3 is 12.2 Å². The maximum Gasteiger partial charge on any atom is 0.410 e. The number of ether oxygens (including phenoxy) is 2. The molecule has 0 bridgehead atoms. The summed E-state index contributed by atoms with van der Waals surface area (Å²) in [6.45, 7) is 22.6. The van der Waals surface area contributed by atoms with Crippen LogP contribution in [-0.2, 0) is 14.3 Å². The number of aliphatic hydroxyl groups is 1. The van der Waals surface area contributed by atoms with Crippen LogP contribution in [0.25, 0.3) is 0 Å². The van der Waals surface area contributed by atoms with Crippen LogP contribution in [0.4, 0.5) is 9.59 Å². The van der Waals surface area contributed by atoms with Crippen molar-refractivity contribution < 1.29 is 29.0 Å². The highest BCUT2D eigenvalue weighted by Crippen LogP contribution is 2.32. The smallest absolute Gasteiger partial charge is 0.410 e. The summed E-state index contributed by atoms with van der Waals surface area (Å²) < 4.78 is 10.9. The van der Waals surface area contributed by atoms with Gasteiger partial charge in [0.2, 0.25) is 0 Å². The van der Waals surface area contributed by atoms with Crippen LogP contribution >= 0.6 is 0 Å². The van der Waals surface area contributed by atoms with Gasteiger partial charge in [0.05, 0.1) is 6.10 Å². The molecule has 0 saturated carbocycles. The quantitative estimate of drug-likeness (QED) is 0.449. The molecule has 0 aromatic rings. The molecular weight excluding hydrogens is 548 g/mol. The van der Waals surface area contributed by atoms with E-state index < -0.39 is 11.2 Å². The maximum absolute atomic E-state index is 12.1. The second-order valence-electron chi connectivity index (χ2n) is 15.2. The van der Waals surface area contributed by atoms with Crippen LogP contribution in [0.1, 0.15) is 114 Å². The standard InChI is InChI=1S/C16H30N2O3.C16H28N2O3.CH4/c2*1-15(2,3)21-14(20)17-11-7-16(4,8-12-17)18-9-5-13(19)6-10-18;/h13,19H,5-12H2,1-4H3;5-12H2,1-4H3;1H4. The number of hydrogen-bond donors (Lipinski definition) is 1. The number of carbonyl (C=O) groups is 3. The number of aliphatic hydroxyl groups excluding tert-OH is 1. The molecule has 0 radical (unpaired) electrons. The molecule has 0 aliphatic carbocycles. The molecular formula is C33H62N4O6. The van der Waals surface area contributed by atoms with Crippen molar-refractivity contribution >= 4 is 18.0 Å². The van der Waals surface area contributed by atoms with Crippen molar-refractivity contribution in [1.29, 1.82) is 0 Å². The molecule has 4 saturated heterocycles. The normalized spacial score (nSPS) is 23.9. The first-order valence-corrected chi connectivity index (χ1v) is 16.0. The lowest BCUT2D eigenvalue weighted by Gasteiger charge is -2.48. The van der Waals surface area contributed by atoms with E-state index in [1.807, 2.05) is 51.3 Å². The number of likely N-dealkylation sites (tertiary alicyclic amines) is 4. The van der Waals surface area contributed by atoms with E-state index in [0.717, 1.165) is 90.9 Å². The van der Waals surface area contributed by atoms with E-state index in [-0.39, 0.29) is 36.8 Å². The van der Waals surface area contributed by atoms with Gasteiger partial charge in [0, 0.05) is 76.3 Å². The molecule has 43 heavy (non-hydrogen) atoms. The highest BCUT2D eigenvalue weighted by molar-refractivity contribution is 5.79. The molecule has 2 amide bonds. The summed E-state index contributed by atoms with van der Waals surface area (Å²) >= 11 is 0.